The molecule has 0 spiro atoms. The third-order valence-electron chi connectivity index (χ3n) is 6.71. The molecule has 192 valence electrons. The van der Waals surface area contributed by atoms with Gasteiger partial charge in [-0.15, -0.1) is 0 Å². The number of rotatable bonds is 10. The maximum Gasteiger partial charge on any atom is 0.261 e. The number of benzene rings is 2. The Hall–Kier alpha value is -3.43. The number of aromatic nitrogens is 2. The summed E-state index contributed by atoms with van der Waals surface area (Å²) in [5.41, 5.74) is 1.48. The molecular weight excluding hydrogens is 458 g/mol. The van der Waals surface area contributed by atoms with Crippen molar-refractivity contribution >= 4 is 16.8 Å². The molecule has 36 heavy (non-hydrogen) atoms. The van der Waals surface area contributed by atoms with Crippen LogP contribution in [-0.2, 0) is 11.3 Å². The highest BCUT2D eigenvalue weighted by Crippen LogP contribution is 2.29. The summed E-state index contributed by atoms with van der Waals surface area (Å²) in [5.74, 6) is 0.982. The third kappa shape index (κ3) is 6.22. The van der Waals surface area contributed by atoms with E-state index >= 15 is 0 Å². The zero-order chi connectivity index (χ0) is 25.5. The second-order valence-corrected chi connectivity index (χ2v) is 9.21. The molecule has 1 fully saturated rings. The third-order valence-corrected chi connectivity index (χ3v) is 6.71. The fourth-order valence-electron chi connectivity index (χ4n) is 4.53. The average molecular weight is 494 g/mol. The molecule has 9 nitrogen and oxygen atoms in total. The average Bonchev–Trinajstić information content (AvgIpc) is 2.90. The van der Waals surface area contributed by atoms with Crippen LogP contribution in [0, 0.1) is 0 Å². The number of aryl methyl sites for hydroxylation is 1. The van der Waals surface area contributed by atoms with Gasteiger partial charge in [0.25, 0.3) is 5.56 Å². The van der Waals surface area contributed by atoms with E-state index in [2.05, 4.69) is 39.3 Å². The number of fused-ring (bicyclic) bond motifs is 1. The van der Waals surface area contributed by atoms with Crippen molar-refractivity contribution in [3.63, 3.8) is 0 Å². The van der Waals surface area contributed by atoms with Crippen molar-refractivity contribution < 1.29 is 14.3 Å². The second-order valence-electron chi connectivity index (χ2n) is 9.21. The first-order chi connectivity index (χ1) is 17.5. The molecule has 3 aromatic rings. The van der Waals surface area contributed by atoms with Gasteiger partial charge in [-0.2, -0.15) is 0 Å². The van der Waals surface area contributed by atoms with E-state index in [9.17, 15) is 9.59 Å². The van der Waals surface area contributed by atoms with Gasteiger partial charge in [-0.1, -0.05) is 30.3 Å². The number of carbonyl (C=O) groups excluding carboxylic acids is 1. The second kappa shape index (κ2) is 12.0. The summed E-state index contributed by atoms with van der Waals surface area (Å²) >= 11 is 0. The highest BCUT2D eigenvalue weighted by Gasteiger charge is 2.21. The summed E-state index contributed by atoms with van der Waals surface area (Å²) in [6.45, 7) is 5.22. The lowest BCUT2D eigenvalue weighted by molar-refractivity contribution is -0.122. The standard InChI is InChI=1S/C27H35N5O4/c1-30-12-14-31(15-13-30)18-23(20-8-5-4-6-9-20)29-26(33)10-7-11-32-19-28-22-17-25(36-3)24(35-2)16-21(22)27(32)34/h4-6,8-9,16-17,19,23H,7,10-15,18H2,1-3H3,(H,29,33). The molecule has 2 aromatic carbocycles. The van der Waals surface area contributed by atoms with E-state index in [1.165, 1.54) is 13.4 Å². The molecule has 1 aliphatic rings. The highest BCUT2D eigenvalue weighted by atomic mass is 16.5. The summed E-state index contributed by atoms with van der Waals surface area (Å²) in [7, 11) is 5.21. The normalized spacial score (nSPS) is 15.5. The van der Waals surface area contributed by atoms with Crippen molar-refractivity contribution in [3.05, 3.63) is 64.7 Å². The van der Waals surface area contributed by atoms with E-state index in [1.54, 1.807) is 23.8 Å². The molecule has 1 unspecified atom stereocenters. The van der Waals surface area contributed by atoms with Gasteiger partial charge in [-0.25, -0.2) is 4.98 Å². The van der Waals surface area contributed by atoms with Crippen molar-refractivity contribution in [2.45, 2.75) is 25.4 Å². The topological polar surface area (TPSA) is 88.9 Å². The van der Waals surface area contributed by atoms with Gasteiger partial charge in [0.2, 0.25) is 5.91 Å². The van der Waals surface area contributed by atoms with Crippen molar-refractivity contribution in [2.75, 3.05) is 54.0 Å². The fourth-order valence-corrected chi connectivity index (χ4v) is 4.53. The van der Waals surface area contributed by atoms with Gasteiger partial charge in [0, 0.05) is 51.8 Å². The number of hydrogen-bond acceptors (Lipinski definition) is 7. The molecule has 1 aliphatic heterocycles. The van der Waals surface area contributed by atoms with Crippen LogP contribution in [0.5, 0.6) is 11.5 Å². The van der Waals surface area contributed by atoms with Gasteiger partial charge in [0.15, 0.2) is 11.5 Å². The molecule has 4 rings (SSSR count). The smallest absolute Gasteiger partial charge is 0.261 e. The number of methoxy groups -OCH3 is 2. The number of nitrogens with zero attached hydrogens (tertiary/aromatic N) is 4. The minimum Gasteiger partial charge on any atom is -0.493 e. The molecule has 0 aliphatic carbocycles. The molecule has 1 amide bonds. The molecule has 1 atom stereocenters. The number of nitrogens with one attached hydrogen (secondary N) is 1. The Bertz CT molecular complexity index is 1220. The van der Waals surface area contributed by atoms with E-state index in [0.29, 0.717) is 41.8 Å². The van der Waals surface area contributed by atoms with Crippen LogP contribution in [0.4, 0.5) is 0 Å². The molecular formula is C27H35N5O4. The summed E-state index contributed by atoms with van der Waals surface area (Å²) < 4.78 is 12.2. The van der Waals surface area contributed by atoms with Crippen LogP contribution < -0.4 is 20.3 Å². The Morgan fingerprint density at radius 2 is 1.75 bits per heavy atom. The molecule has 1 saturated heterocycles. The van der Waals surface area contributed by atoms with Crippen LogP contribution in [-0.4, -0.2) is 79.2 Å². The zero-order valence-electron chi connectivity index (χ0n) is 21.3. The number of piperazine rings is 1. The summed E-state index contributed by atoms with van der Waals surface area (Å²) in [6.07, 6.45) is 2.37. The Kier molecular flexibility index (Phi) is 8.56. The molecule has 1 N–H and O–H groups in total. The van der Waals surface area contributed by atoms with Crippen molar-refractivity contribution in [1.82, 2.24) is 24.7 Å². The van der Waals surface area contributed by atoms with Gasteiger partial charge in [0.05, 0.1) is 37.5 Å². The largest absolute Gasteiger partial charge is 0.493 e. The maximum atomic E-state index is 13.0. The Labute approximate surface area is 211 Å². The predicted octanol–water partition coefficient (Wildman–Crippen LogP) is 2.30. The van der Waals surface area contributed by atoms with Gasteiger partial charge in [0.1, 0.15) is 0 Å². The van der Waals surface area contributed by atoms with Gasteiger partial charge >= 0.3 is 0 Å². The number of carbonyl (C=O) groups is 1. The molecule has 0 bridgehead atoms. The number of likely N-dealkylation sites (N-methyl/N-ethyl adjacent to an activating group) is 1. The van der Waals surface area contributed by atoms with E-state index in [1.807, 2.05) is 18.2 Å². The van der Waals surface area contributed by atoms with Crippen LogP contribution in [0.25, 0.3) is 10.9 Å². The van der Waals surface area contributed by atoms with Gasteiger partial charge in [-0.3, -0.25) is 19.1 Å². The fraction of sp³-hybridized carbons (Fsp3) is 0.444. The van der Waals surface area contributed by atoms with E-state index in [0.717, 1.165) is 38.3 Å². The number of ether oxygens (including phenoxy) is 2. The molecule has 2 heterocycles. The molecule has 0 saturated carbocycles. The predicted molar refractivity (Wildman–Crippen MR) is 140 cm³/mol. The zero-order valence-corrected chi connectivity index (χ0v) is 21.3. The lowest BCUT2D eigenvalue weighted by Crippen LogP contribution is -2.47. The molecule has 9 heteroatoms. The van der Waals surface area contributed by atoms with Crippen LogP contribution in [0.1, 0.15) is 24.4 Å². The SMILES string of the molecule is COc1cc2ncn(CCCC(=O)NC(CN3CCN(C)CC3)c3ccccc3)c(=O)c2cc1OC. The summed E-state index contributed by atoms with van der Waals surface area (Å²) in [6, 6.07) is 13.4. The quantitative estimate of drug-likeness (QED) is 0.464. The van der Waals surface area contributed by atoms with Crippen LogP contribution in [0.15, 0.2) is 53.6 Å². The van der Waals surface area contributed by atoms with E-state index in [-0.39, 0.29) is 17.5 Å². The van der Waals surface area contributed by atoms with E-state index in [4.69, 9.17) is 9.47 Å². The van der Waals surface area contributed by atoms with Crippen molar-refractivity contribution in [3.8, 4) is 11.5 Å². The monoisotopic (exact) mass is 493 g/mol. The first kappa shape index (κ1) is 25.7. The summed E-state index contributed by atoms with van der Waals surface area (Å²) in [4.78, 5) is 35.0. The lowest BCUT2D eigenvalue weighted by Gasteiger charge is -2.35. The number of hydrogen-bond donors (Lipinski definition) is 1. The molecule has 1 aromatic heterocycles. The summed E-state index contributed by atoms with van der Waals surface area (Å²) in [5, 5.41) is 3.68. The molecule has 0 radical (unpaired) electrons. The highest BCUT2D eigenvalue weighted by molar-refractivity contribution is 5.81. The Morgan fingerprint density at radius 1 is 1.06 bits per heavy atom. The van der Waals surface area contributed by atoms with Crippen molar-refractivity contribution in [1.29, 1.82) is 0 Å². The maximum absolute atomic E-state index is 13.0. The number of amides is 1. The lowest BCUT2D eigenvalue weighted by atomic mass is 10.1. The van der Waals surface area contributed by atoms with Crippen LogP contribution in [0.2, 0.25) is 0 Å². The first-order valence-electron chi connectivity index (χ1n) is 12.3. The Balaban J connectivity index is 1.38. The van der Waals surface area contributed by atoms with Gasteiger partial charge < -0.3 is 19.7 Å². The van der Waals surface area contributed by atoms with E-state index < -0.39 is 0 Å². The minimum absolute atomic E-state index is 0.0221. The van der Waals surface area contributed by atoms with Crippen LogP contribution in [0.3, 0.4) is 0 Å². The van der Waals surface area contributed by atoms with Gasteiger partial charge in [-0.05, 0) is 25.1 Å². The minimum atomic E-state index is -0.168. The first-order valence-corrected chi connectivity index (χ1v) is 12.3. The Morgan fingerprint density at radius 3 is 2.44 bits per heavy atom. The van der Waals surface area contributed by atoms with Crippen LogP contribution >= 0.6 is 0 Å². The van der Waals surface area contributed by atoms with Crippen molar-refractivity contribution in [2.24, 2.45) is 0 Å².